The standard InChI is InChI=1S/C20H20ClF2N5/c1-3-20(22,23)13-28(2)19(10-16-11-24-6-7-25-16)27-17-9-14-8-15(21)4-5-18(14)26-12-17/h4-9,11-12H,3,10,13H2,1-2H3. The number of nitrogens with zero attached hydrogens (tertiary/aromatic N) is 5. The van der Waals surface area contributed by atoms with E-state index < -0.39 is 12.5 Å². The van der Waals surface area contributed by atoms with Gasteiger partial charge in [-0.05, 0) is 24.3 Å². The molecule has 0 unspecified atom stereocenters. The first-order chi connectivity index (χ1) is 13.4. The van der Waals surface area contributed by atoms with Gasteiger partial charge in [0.15, 0.2) is 0 Å². The maximum absolute atomic E-state index is 13.9. The number of likely N-dealkylation sites (N-methyl/N-ethyl adjacent to an activating group) is 1. The number of amidine groups is 1. The van der Waals surface area contributed by atoms with Crippen molar-refractivity contribution in [1.29, 1.82) is 0 Å². The maximum Gasteiger partial charge on any atom is 0.265 e. The molecule has 0 N–H and O–H groups in total. The van der Waals surface area contributed by atoms with Gasteiger partial charge in [-0.2, -0.15) is 0 Å². The second-order valence-corrected chi connectivity index (χ2v) is 6.93. The first-order valence-electron chi connectivity index (χ1n) is 8.83. The van der Waals surface area contributed by atoms with Crippen LogP contribution >= 0.6 is 11.6 Å². The molecule has 0 spiro atoms. The molecule has 0 amide bonds. The molecule has 2 heterocycles. The van der Waals surface area contributed by atoms with Crippen molar-refractivity contribution < 1.29 is 8.78 Å². The van der Waals surface area contributed by atoms with Gasteiger partial charge in [0.1, 0.15) is 5.84 Å². The highest BCUT2D eigenvalue weighted by molar-refractivity contribution is 6.31. The predicted octanol–water partition coefficient (Wildman–Crippen LogP) is 4.93. The molecule has 3 rings (SSSR count). The summed E-state index contributed by atoms with van der Waals surface area (Å²) in [5.41, 5.74) is 1.98. The summed E-state index contributed by atoms with van der Waals surface area (Å²) < 4.78 is 27.9. The topological polar surface area (TPSA) is 54.3 Å². The normalized spacial score (nSPS) is 12.4. The number of aliphatic imine (C=N–C) groups is 1. The molecular formula is C20H20ClF2N5. The van der Waals surface area contributed by atoms with Gasteiger partial charge in [0.2, 0.25) is 0 Å². The predicted molar refractivity (Wildman–Crippen MR) is 107 cm³/mol. The molecule has 2 aromatic heterocycles. The van der Waals surface area contributed by atoms with Crippen molar-refractivity contribution in [1.82, 2.24) is 19.9 Å². The lowest BCUT2D eigenvalue weighted by Gasteiger charge is -2.26. The van der Waals surface area contributed by atoms with Gasteiger partial charge < -0.3 is 4.90 Å². The second kappa shape index (κ2) is 8.56. The smallest absolute Gasteiger partial charge is 0.265 e. The van der Waals surface area contributed by atoms with Gasteiger partial charge in [-0.25, -0.2) is 13.8 Å². The van der Waals surface area contributed by atoms with Crippen LogP contribution in [0.5, 0.6) is 0 Å². The largest absolute Gasteiger partial charge is 0.357 e. The quantitative estimate of drug-likeness (QED) is 0.432. The third kappa shape index (κ3) is 5.19. The van der Waals surface area contributed by atoms with E-state index in [2.05, 4.69) is 19.9 Å². The van der Waals surface area contributed by atoms with E-state index in [1.54, 1.807) is 44.0 Å². The summed E-state index contributed by atoms with van der Waals surface area (Å²) in [4.78, 5) is 18.7. The first-order valence-corrected chi connectivity index (χ1v) is 9.21. The van der Waals surface area contributed by atoms with Gasteiger partial charge in [0, 0.05) is 48.9 Å². The molecule has 3 aromatic rings. The zero-order chi connectivity index (χ0) is 20.1. The lowest BCUT2D eigenvalue weighted by atomic mass is 10.2. The van der Waals surface area contributed by atoms with Crippen LogP contribution in [0.15, 0.2) is 54.0 Å². The van der Waals surface area contributed by atoms with E-state index in [-0.39, 0.29) is 12.8 Å². The van der Waals surface area contributed by atoms with Crippen LogP contribution < -0.4 is 0 Å². The highest BCUT2D eigenvalue weighted by Gasteiger charge is 2.29. The molecule has 0 aliphatic heterocycles. The molecule has 1 aromatic carbocycles. The lowest BCUT2D eigenvalue weighted by Crippen LogP contribution is -2.38. The monoisotopic (exact) mass is 403 g/mol. The molecule has 0 aliphatic rings. The molecule has 0 aliphatic carbocycles. The Balaban J connectivity index is 1.97. The van der Waals surface area contributed by atoms with Crippen LogP contribution in [-0.4, -0.2) is 45.2 Å². The zero-order valence-corrected chi connectivity index (χ0v) is 16.4. The summed E-state index contributed by atoms with van der Waals surface area (Å²) in [6.07, 6.45) is 6.36. The molecule has 5 nitrogen and oxygen atoms in total. The number of halogens is 3. The number of hydrogen-bond donors (Lipinski definition) is 0. The van der Waals surface area contributed by atoms with Crippen LogP contribution in [0.3, 0.4) is 0 Å². The molecule has 28 heavy (non-hydrogen) atoms. The number of benzene rings is 1. The van der Waals surface area contributed by atoms with Crippen molar-refractivity contribution in [2.24, 2.45) is 4.99 Å². The molecule has 0 saturated carbocycles. The molecule has 146 valence electrons. The minimum absolute atomic E-state index is 0.244. The molecule has 0 atom stereocenters. The summed E-state index contributed by atoms with van der Waals surface area (Å²) >= 11 is 6.05. The maximum atomic E-state index is 13.9. The summed E-state index contributed by atoms with van der Waals surface area (Å²) in [7, 11) is 1.60. The van der Waals surface area contributed by atoms with Crippen molar-refractivity contribution in [3.05, 3.63) is 59.8 Å². The van der Waals surface area contributed by atoms with E-state index in [9.17, 15) is 8.78 Å². The summed E-state index contributed by atoms with van der Waals surface area (Å²) in [5.74, 6) is -2.36. The second-order valence-electron chi connectivity index (χ2n) is 6.50. The Morgan fingerprint density at radius 2 is 2.00 bits per heavy atom. The zero-order valence-electron chi connectivity index (χ0n) is 15.6. The van der Waals surface area contributed by atoms with E-state index in [1.165, 1.54) is 11.8 Å². The van der Waals surface area contributed by atoms with Gasteiger partial charge in [-0.1, -0.05) is 18.5 Å². The number of aromatic nitrogens is 3. The van der Waals surface area contributed by atoms with Crippen molar-refractivity contribution in [2.75, 3.05) is 13.6 Å². The highest BCUT2D eigenvalue weighted by atomic mass is 35.5. The Morgan fingerprint density at radius 3 is 2.71 bits per heavy atom. The number of alkyl halides is 2. The van der Waals surface area contributed by atoms with Crippen LogP contribution in [0.2, 0.25) is 5.02 Å². The first kappa shape index (κ1) is 20.1. The van der Waals surface area contributed by atoms with E-state index in [1.807, 2.05) is 12.1 Å². The average molecular weight is 404 g/mol. The molecule has 0 bridgehead atoms. The van der Waals surface area contributed by atoms with Gasteiger partial charge >= 0.3 is 0 Å². The molecule has 0 radical (unpaired) electrons. The molecule has 8 heteroatoms. The number of rotatable bonds is 6. The molecular weight excluding hydrogens is 384 g/mol. The summed E-state index contributed by atoms with van der Waals surface area (Å²) in [5, 5.41) is 1.42. The average Bonchev–Trinajstić information content (AvgIpc) is 2.67. The Kier molecular flexibility index (Phi) is 6.14. The van der Waals surface area contributed by atoms with Crippen LogP contribution in [0.4, 0.5) is 14.5 Å². The number of pyridine rings is 1. The number of hydrogen-bond acceptors (Lipinski definition) is 4. The van der Waals surface area contributed by atoms with Crippen LogP contribution in [-0.2, 0) is 6.42 Å². The molecule has 0 fully saturated rings. The Bertz CT molecular complexity index is 979. The van der Waals surface area contributed by atoms with Crippen LogP contribution in [0, 0.1) is 0 Å². The number of fused-ring (bicyclic) bond motifs is 1. The van der Waals surface area contributed by atoms with E-state index >= 15 is 0 Å². The summed E-state index contributed by atoms with van der Waals surface area (Å²) in [6.45, 7) is 1.03. The molecule has 0 saturated heterocycles. The Labute approximate surface area is 167 Å². The highest BCUT2D eigenvalue weighted by Crippen LogP contribution is 2.24. The Hall–Kier alpha value is -2.67. The third-order valence-corrected chi connectivity index (χ3v) is 4.50. The van der Waals surface area contributed by atoms with Crippen molar-refractivity contribution in [3.8, 4) is 0 Å². The van der Waals surface area contributed by atoms with E-state index in [0.717, 1.165) is 10.9 Å². The SMILES string of the molecule is CCC(F)(F)CN(C)C(Cc1cnccn1)=Nc1cnc2ccc(Cl)cc2c1. The van der Waals surface area contributed by atoms with Crippen molar-refractivity contribution >= 4 is 34.0 Å². The van der Waals surface area contributed by atoms with Crippen molar-refractivity contribution in [3.63, 3.8) is 0 Å². The van der Waals surface area contributed by atoms with Gasteiger partial charge in [-0.15, -0.1) is 0 Å². The van der Waals surface area contributed by atoms with Gasteiger partial charge in [-0.3, -0.25) is 15.0 Å². The third-order valence-electron chi connectivity index (χ3n) is 4.27. The van der Waals surface area contributed by atoms with Crippen LogP contribution in [0.1, 0.15) is 19.0 Å². The Morgan fingerprint density at radius 1 is 1.18 bits per heavy atom. The van der Waals surface area contributed by atoms with Gasteiger partial charge in [0.05, 0.1) is 29.6 Å². The lowest BCUT2D eigenvalue weighted by molar-refractivity contribution is -0.0174. The minimum atomic E-state index is -2.81. The van der Waals surface area contributed by atoms with Gasteiger partial charge in [0.25, 0.3) is 5.92 Å². The minimum Gasteiger partial charge on any atom is -0.357 e. The van der Waals surface area contributed by atoms with E-state index in [0.29, 0.717) is 22.2 Å². The fourth-order valence-electron chi connectivity index (χ4n) is 2.69. The van der Waals surface area contributed by atoms with Crippen molar-refractivity contribution in [2.45, 2.75) is 25.7 Å². The fourth-order valence-corrected chi connectivity index (χ4v) is 2.87. The van der Waals surface area contributed by atoms with Crippen LogP contribution in [0.25, 0.3) is 10.9 Å². The fraction of sp³-hybridized carbons (Fsp3) is 0.300. The van der Waals surface area contributed by atoms with E-state index in [4.69, 9.17) is 11.6 Å². The summed E-state index contributed by atoms with van der Waals surface area (Å²) in [6, 6.07) is 7.20.